The Hall–Kier alpha value is -1.79. The number of rotatable bonds is 10. The first-order valence-electron chi connectivity index (χ1n) is 7.84. The number of pyridine rings is 1. The zero-order valence-electron chi connectivity index (χ0n) is 13.8. The van der Waals surface area contributed by atoms with Crippen LogP contribution < -0.4 is 5.32 Å². The number of nitrogens with zero attached hydrogens (tertiary/aromatic N) is 1. The van der Waals surface area contributed by atoms with Gasteiger partial charge in [0.05, 0.1) is 6.61 Å². The molecular weight excluding hydrogens is 296 g/mol. The van der Waals surface area contributed by atoms with Crippen molar-refractivity contribution < 1.29 is 19.8 Å². The van der Waals surface area contributed by atoms with Crippen molar-refractivity contribution in [2.24, 2.45) is 5.41 Å². The second kappa shape index (κ2) is 9.37. The van der Waals surface area contributed by atoms with Crippen LogP contribution in [0.2, 0.25) is 0 Å². The van der Waals surface area contributed by atoms with Crippen molar-refractivity contribution in [1.29, 1.82) is 0 Å². The number of hydrogen-bond donors (Lipinski definition) is 3. The molecule has 0 spiro atoms. The zero-order chi connectivity index (χ0) is 17.3. The molecule has 0 aliphatic rings. The Morgan fingerprint density at radius 3 is 2.70 bits per heavy atom. The molecule has 0 saturated heterocycles. The van der Waals surface area contributed by atoms with Crippen LogP contribution in [0.25, 0.3) is 0 Å². The van der Waals surface area contributed by atoms with Crippen molar-refractivity contribution in [3.63, 3.8) is 0 Å². The molecule has 1 aromatic rings. The number of aliphatic hydroxyl groups excluding tert-OH is 2. The van der Waals surface area contributed by atoms with Gasteiger partial charge in [0, 0.05) is 37.2 Å². The molecule has 1 aromatic heterocycles. The van der Waals surface area contributed by atoms with Gasteiger partial charge in [0.2, 0.25) is 5.91 Å². The number of carbonyl (C=O) groups excluding carboxylic acids is 2. The van der Waals surface area contributed by atoms with Gasteiger partial charge in [-0.15, -0.1) is 0 Å². The Balaban J connectivity index is 2.19. The second-order valence-electron chi connectivity index (χ2n) is 6.34. The average molecular weight is 322 g/mol. The Kier molecular flexibility index (Phi) is 7.85. The lowest BCUT2D eigenvalue weighted by molar-refractivity contribution is -0.137. The second-order valence-corrected chi connectivity index (χ2v) is 6.34. The molecule has 128 valence electrons. The van der Waals surface area contributed by atoms with Crippen LogP contribution in [0.15, 0.2) is 24.5 Å². The maximum absolute atomic E-state index is 11.8. The normalized spacial score (nSPS) is 12.7. The topological polar surface area (TPSA) is 99.5 Å². The van der Waals surface area contributed by atoms with Crippen LogP contribution in [0.3, 0.4) is 0 Å². The summed E-state index contributed by atoms with van der Waals surface area (Å²) in [5, 5.41) is 21.5. The van der Waals surface area contributed by atoms with Crippen LogP contribution in [-0.4, -0.2) is 46.1 Å². The van der Waals surface area contributed by atoms with Gasteiger partial charge in [-0.2, -0.15) is 0 Å². The first-order valence-corrected chi connectivity index (χ1v) is 7.84. The first-order chi connectivity index (χ1) is 10.9. The smallest absolute Gasteiger partial charge is 0.249 e. The molecular formula is C17H26N2O4. The summed E-state index contributed by atoms with van der Waals surface area (Å²) in [6.45, 7) is 3.27. The maximum atomic E-state index is 11.8. The molecule has 0 aliphatic heterocycles. The van der Waals surface area contributed by atoms with Gasteiger partial charge in [0.25, 0.3) is 0 Å². The van der Waals surface area contributed by atoms with Gasteiger partial charge < -0.3 is 15.5 Å². The molecule has 1 rings (SSSR count). The number of amides is 1. The zero-order valence-corrected chi connectivity index (χ0v) is 13.8. The monoisotopic (exact) mass is 322 g/mol. The van der Waals surface area contributed by atoms with Crippen molar-refractivity contribution in [2.45, 2.75) is 45.6 Å². The van der Waals surface area contributed by atoms with E-state index in [1.54, 1.807) is 26.2 Å². The number of aliphatic hydroxyl groups is 2. The molecule has 6 heteroatoms. The van der Waals surface area contributed by atoms with Crippen molar-refractivity contribution in [3.05, 3.63) is 30.1 Å². The fourth-order valence-electron chi connectivity index (χ4n) is 1.99. The number of carbonyl (C=O) groups is 2. The summed E-state index contributed by atoms with van der Waals surface area (Å²) in [5.74, 6) is -0.383. The van der Waals surface area contributed by atoms with Crippen LogP contribution in [-0.2, 0) is 16.0 Å². The minimum absolute atomic E-state index is 0.138. The molecule has 0 unspecified atom stereocenters. The molecule has 6 nitrogen and oxygen atoms in total. The Labute approximate surface area is 136 Å². The number of hydrogen-bond acceptors (Lipinski definition) is 5. The lowest BCUT2D eigenvalue weighted by Crippen LogP contribution is -2.45. The lowest BCUT2D eigenvalue weighted by Gasteiger charge is -2.27. The van der Waals surface area contributed by atoms with Crippen LogP contribution >= 0.6 is 0 Å². The quantitative estimate of drug-likeness (QED) is 0.555. The summed E-state index contributed by atoms with van der Waals surface area (Å²) in [4.78, 5) is 27.5. The third-order valence-corrected chi connectivity index (χ3v) is 3.74. The molecule has 0 aliphatic carbocycles. The molecule has 1 amide bonds. The van der Waals surface area contributed by atoms with E-state index in [0.717, 1.165) is 5.56 Å². The van der Waals surface area contributed by atoms with Crippen molar-refractivity contribution in [3.8, 4) is 0 Å². The molecule has 1 heterocycles. The van der Waals surface area contributed by atoms with E-state index in [-0.39, 0.29) is 12.4 Å². The first kappa shape index (κ1) is 19.3. The van der Waals surface area contributed by atoms with E-state index in [1.165, 1.54) is 0 Å². The SMILES string of the molecule is CC(C)(CO)[C@@H](O)C(=O)NCCCC(=O)CCc1cccnc1. The third kappa shape index (κ3) is 6.88. The predicted octanol–water partition coefficient (Wildman–Crippen LogP) is 0.859. The number of nitrogens with one attached hydrogen (secondary N) is 1. The van der Waals surface area contributed by atoms with Crippen LogP contribution in [0.1, 0.15) is 38.7 Å². The molecule has 1 atom stereocenters. The summed E-state index contributed by atoms with van der Waals surface area (Å²) in [5.41, 5.74) is 0.146. The molecule has 0 radical (unpaired) electrons. The number of ketones is 1. The predicted molar refractivity (Wildman–Crippen MR) is 86.7 cm³/mol. The van der Waals surface area contributed by atoms with Gasteiger partial charge in [-0.1, -0.05) is 19.9 Å². The number of Topliss-reactive ketones (excluding diaryl/α,β-unsaturated/α-hetero) is 1. The minimum atomic E-state index is -1.27. The summed E-state index contributed by atoms with van der Waals surface area (Å²) >= 11 is 0. The van der Waals surface area contributed by atoms with Gasteiger partial charge in [-0.3, -0.25) is 14.6 Å². The van der Waals surface area contributed by atoms with Gasteiger partial charge in [-0.05, 0) is 24.5 Å². The molecule has 0 aromatic carbocycles. The largest absolute Gasteiger partial charge is 0.396 e. The Morgan fingerprint density at radius 1 is 1.35 bits per heavy atom. The van der Waals surface area contributed by atoms with Crippen LogP contribution in [0, 0.1) is 5.41 Å². The third-order valence-electron chi connectivity index (χ3n) is 3.74. The average Bonchev–Trinajstić information content (AvgIpc) is 2.56. The molecule has 0 saturated carbocycles. The Bertz CT molecular complexity index is 503. The summed E-state index contributed by atoms with van der Waals surface area (Å²) in [7, 11) is 0. The van der Waals surface area contributed by atoms with E-state index in [4.69, 9.17) is 5.11 Å². The lowest BCUT2D eigenvalue weighted by atomic mass is 9.87. The minimum Gasteiger partial charge on any atom is -0.396 e. The highest BCUT2D eigenvalue weighted by Gasteiger charge is 2.32. The summed E-state index contributed by atoms with van der Waals surface area (Å²) in [6.07, 6.45) is 4.22. The van der Waals surface area contributed by atoms with Gasteiger partial charge in [-0.25, -0.2) is 0 Å². The molecule has 3 N–H and O–H groups in total. The van der Waals surface area contributed by atoms with Gasteiger partial charge in [0.1, 0.15) is 11.9 Å². The highest BCUT2D eigenvalue weighted by molar-refractivity contribution is 5.81. The fraction of sp³-hybridized carbons (Fsp3) is 0.588. The van der Waals surface area contributed by atoms with E-state index in [0.29, 0.717) is 32.2 Å². The van der Waals surface area contributed by atoms with Crippen LogP contribution in [0.5, 0.6) is 0 Å². The molecule has 23 heavy (non-hydrogen) atoms. The number of aromatic nitrogens is 1. The van der Waals surface area contributed by atoms with E-state index in [9.17, 15) is 14.7 Å². The fourth-order valence-corrected chi connectivity index (χ4v) is 1.99. The van der Waals surface area contributed by atoms with E-state index in [1.807, 2.05) is 12.1 Å². The highest BCUT2D eigenvalue weighted by Crippen LogP contribution is 2.19. The van der Waals surface area contributed by atoms with Gasteiger partial charge >= 0.3 is 0 Å². The van der Waals surface area contributed by atoms with Crippen LogP contribution in [0.4, 0.5) is 0 Å². The number of aryl methyl sites for hydroxylation is 1. The van der Waals surface area contributed by atoms with Crippen molar-refractivity contribution in [1.82, 2.24) is 10.3 Å². The van der Waals surface area contributed by atoms with E-state index >= 15 is 0 Å². The summed E-state index contributed by atoms with van der Waals surface area (Å²) < 4.78 is 0. The summed E-state index contributed by atoms with van der Waals surface area (Å²) in [6, 6.07) is 3.78. The van der Waals surface area contributed by atoms with Crippen molar-refractivity contribution in [2.75, 3.05) is 13.2 Å². The van der Waals surface area contributed by atoms with Gasteiger partial charge in [0.15, 0.2) is 0 Å². The van der Waals surface area contributed by atoms with E-state index < -0.39 is 17.4 Å². The van der Waals surface area contributed by atoms with Crippen molar-refractivity contribution >= 4 is 11.7 Å². The standard InChI is InChI=1S/C17H26N2O4/c1-17(2,12-20)15(22)16(23)19-10-4-6-14(21)8-7-13-5-3-9-18-11-13/h3,5,9,11,15,20,22H,4,6-8,10,12H2,1-2H3,(H,19,23)/t15-/m0/s1. The Morgan fingerprint density at radius 2 is 2.09 bits per heavy atom. The maximum Gasteiger partial charge on any atom is 0.249 e. The van der Waals surface area contributed by atoms with E-state index in [2.05, 4.69) is 10.3 Å². The highest BCUT2D eigenvalue weighted by atomic mass is 16.3. The molecule has 0 bridgehead atoms. The molecule has 0 fully saturated rings.